The van der Waals surface area contributed by atoms with Gasteiger partial charge in [-0.25, -0.2) is 5.01 Å². The van der Waals surface area contributed by atoms with Gasteiger partial charge >= 0.3 is 0 Å². The number of nitrogens with zero attached hydrogens (tertiary/aromatic N) is 2. The fourth-order valence-corrected chi connectivity index (χ4v) is 2.01. The first-order valence-corrected chi connectivity index (χ1v) is 5.58. The van der Waals surface area contributed by atoms with Crippen LogP contribution in [0.15, 0.2) is 0 Å². The van der Waals surface area contributed by atoms with Gasteiger partial charge in [0.25, 0.3) is 0 Å². The summed E-state index contributed by atoms with van der Waals surface area (Å²) < 4.78 is 0. The van der Waals surface area contributed by atoms with Gasteiger partial charge in [0.1, 0.15) is 0 Å². The highest BCUT2D eigenvalue weighted by Gasteiger charge is 2.36. The summed E-state index contributed by atoms with van der Waals surface area (Å²) in [4.78, 5) is 11.9. The Morgan fingerprint density at radius 3 is 2.53 bits per heavy atom. The largest absolute Gasteiger partial charge is 0.395 e. The number of aliphatic hydroxyl groups excluding tert-OH is 1. The summed E-state index contributed by atoms with van der Waals surface area (Å²) in [5.41, 5.74) is -0.207. The van der Waals surface area contributed by atoms with E-state index in [2.05, 4.69) is 0 Å². The normalized spacial score (nSPS) is 21.9. The van der Waals surface area contributed by atoms with Crippen molar-refractivity contribution in [1.29, 1.82) is 0 Å². The summed E-state index contributed by atoms with van der Waals surface area (Å²) in [6.07, 6.45) is 1.50. The predicted molar refractivity (Wildman–Crippen MR) is 59.1 cm³/mol. The standard InChI is InChI=1S/C11H22N2O2/c1-9(8-14)12-7-5-6-10(15)13(12)11(2,3)4/h9,14H,5-8H2,1-4H3. The molecule has 1 rings (SSSR count). The average Bonchev–Trinajstić information content (AvgIpc) is 2.14. The smallest absolute Gasteiger partial charge is 0.237 e. The van der Waals surface area contributed by atoms with Crippen LogP contribution in [0.5, 0.6) is 0 Å². The van der Waals surface area contributed by atoms with Crippen molar-refractivity contribution in [3.05, 3.63) is 0 Å². The Morgan fingerprint density at radius 1 is 1.47 bits per heavy atom. The van der Waals surface area contributed by atoms with Crippen LogP contribution in [-0.2, 0) is 4.79 Å². The van der Waals surface area contributed by atoms with Crippen LogP contribution in [0.1, 0.15) is 40.5 Å². The second-order valence-corrected chi connectivity index (χ2v) is 5.17. The van der Waals surface area contributed by atoms with E-state index in [0.717, 1.165) is 13.0 Å². The van der Waals surface area contributed by atoms with Crippen LogP contribution in [0.2, 0.25) is 0 Å². The Balaban J connectivity index is 2.87. The lowest BCUT2D eigenvalue weighted by Gasteiger charge is -2.48. The van der Waals surface area contributed by atoms with Crippen molar-refractivity contribution in [2.24, 2.45) is 0 Å². The molecule has 15 heavy (non-hydrogen) atoms. The van der Waals surface area contributed by atoms with E-state index in [4.69, 9.17) is 0 Å². The number of hydrogen-bond donors (Lipinski definition) is 1. The third-order valence-corrected chi connectivity index (χ3v) is 2.68. The molecule has 1 N–H and O–H groups in total. The van der Waals surface area contributed by atoms with Crippen molar-refractivity contribution in [3.63, 3.8) is 0 Å². The highest BCUT2D eigenvalue weighted by Crippen LogP contribution is 2.24. The molecular formula is C11H22N2O2. The Bertz CT molecular complexity index is 235. The topological polar surface area (TPSA) is 43.8 Å². The summed E-state index contributed by atoms with van der Waals surface area (Å²) in [6.45, 7) is 8.94. The summed E-state index contributed by atoms with van der Waals surface area (Å²) in [5.74, 6) is 0.161. The number of rotatable bonds is 2. The van der Waals surface area contributed by atoms with Crippen molar-refractivity contribution in [2.75, 3.05) is 13.2 Å². The molecule has 1 unspecified atom stereocenters. The molecule has 0 radical (unpaired) electrons. The van der Waals surface area contributed by atoms with E-state index in [1.54, 1.807) is 5.01 Å². The summed E-state index contributed by atoms with van der Waals surface area (Å²) >= 11 is 0. The molecule has 0 saturated carbocycles. The van der Waals surface area contributed by atoms with Crippen molar-refractivity contribution in [2.45, 2.75) is 52.1 Å². The van der Waals surface area contributed by atoms with Crippen LogP contribution >= 0.6 is 0 Å². The van der Waals surface area contributed by atoms with E-state index in [1.807, 2.05) is 32.7 Å². The molecule has 88 valence electrons. The number of hydrazine groups is 1. The third kappa shape index (κ3) is 2.69. The van der Waals surface area contributed by atoms with Crippen molar-refractivity contribution in [3.8, 4) is 0 Å². The second kappa shape index (κ2) is 4.49. The molecule has 1 atom stereocenters. The highest BCUT2D eigenvalue weighted by molar-refractivity contribution is 5.77. The van der Waals surface area contributed by atoms with Gasteiger partial charge in [0.15, 0.2) is 0 Å². The highest BCUT2D eigenvalue weighted by atomic mass is 16.3. The molecule has 0 bridgehead atoms. The van der Waals surface area contributed by atoms with Crippen LogP contribution in [-0.4, -0.2) is 45.8 Å². The summed E-state index contributed by atoms with van der Waals surface area (Å²) in [7, 11) is 0. The lowest BCUT2D eigenvalue weighted by Crippen LogP contribution is -2.61. The quantitative estimate of drug-likeness (QED) is 0.746. The molecule has 0 spiro atoms. The second-order valence-electron chi connectivity index (χ2n) is 5.17. The van der Waals surface area contributed by atoms with Crippen molar-refractivity contribution >= 4 is 5.91 Å². The van der Waals surface area contributed by atoms with Gasteiger partial charge in [0.05, 0.1) is 12.1 Å². The molecule has 1 aliphatic rings. The molecule has 1 aliphatic heterocycles. The van der Waals surface area contributed by atoms with Gasteiger partial charge in [-0.05, 0) is 34.1 Å². The van der Waals surface area contributed by atoms with E-state index in [0.29, 0.717) is 6.42 Å². The zero-order chi connectivity index (χ0) is 11.6. The monoisotopic (exact) mass is 214 g/mol. The first-order chi connectivity index (χ1) is 6.88. The molecular weight excluding hydrogens is 192 g/mol. The van der Waals surface area contributed by atoms with E-state index in [-0.39, 0.29) is 24.1 Å². The number of carbonyl (C=O) groups is 1. The minimum Gasteiger partial charge on any atom is -0.395 e. The average molecular weight is 214 g/mol. The number of aliphatic hydroxyl groups is 1. The maximum Gasteiger partial charge on any atom is 0.237 e. The molecule has 1 saturated heterocycles. The van der Waals surface area contributed by atoms with E-state index >= 15 is 0 Å². The van der Waals surface area contributed by atoms with Crippen molar-refractivity contribution in [1.82, 2.24) is 10.0 Å². The van der Waals surface area contributed by atoms with E-state index in [9.17, 15) is 9.90 Å². The molecule has 1 fully saturated rings. The minimum absolute atomic E-state index is 0.00785. The molecule has 4 nitrogen and oxygen atoms in total. The first kappa shape index (κ1) is 12.5. The van der Waals surface area contributed by atoms with Crippen LogP contribution < -0.4 is 0 Å². The van der Waals surface area contributed by atoms with Crippen LogP contribution in [0.4, 0.5) is 0 Å². The van der Waals surface area contributed by atoms with Gasteiger partial charge in [-0.15, -0.1) is 0 Å². The fraction of sp³-hybridized carbons (Fsp3) is 0.909. The van der Waals surface area contributed by atoms with Gasteiger partial charge in [0, 0.05) is 19.0 Å². The molecule has 1 amide bonds. The Hall–Kier alpha value is -0.610. The number of amides is 1. The van der Waals surface area contributed by atoms with Gasteiger partial charge in [-0.1, -0.05) is 0 Å². The number of hydrogen-bond acceptors (Lipinski definition) is 3. The lowest BCUT2D eigenvalue weighted by molar-refractivity contribution is -0.179. The predicted octanol–water partition coefficient (Wildman–Crippen LogP) is 1.01. The van der Waals surface area contributed by atoms with Crippen LogP contribution in [0.25, 0.3) is 0 Å². The first-order valence-electron chi connectivity index (χ1n) is 5.58. The molecule has 0 aromatic heterocycles. The van der Waals surface area contributed by atoms with Crippen LogP contribution in [0, 0.1) is 0 Å². The SMILES string of the molecule is CC(CO)N1CCCC(=O)N1C(C)(C)C. The fourth-order valence-electron chi connectivity index (χ4n) is 2.01. The van der Waals surface area contributed by atoms with E-state index < -0.39 is 0 Å². The van der Waals surface area contributed by atoms with E-state index in [1.165, 1.54) is 0 Å². The molecule has 0 aromatic rings. The maximum absolute atomic E-state index is 11.9. The Labute approximate surface area is 91.8 Å². The van der Waals surface area contributed by atoms with Crippen molar-refractivity contribution < 1.29 is 9.90 Å². The minimum atomic E-state index is -0.207. The van der Waals surface area contributed by atoms with Gasteiger partial charge in [-0.2, -0.15) is 0 Å². The molecule has 4 heteroatoms. The Kier molecular flexibility index (Phi) is 3.73. The third-order valence-electron chi connectivity index (χ3n) is 2.68. The van der Waals surface area contributed by atoms with Gasteiger partial charge < -0.3 is 5.11 Å². The van der Waals surface area contributed by atoms with Gasteiger partial charge in [0.2, 0.25) is 5.91 Å². The zero-order valence-electron chi connectivity index (χ0n) is 10.2. The lowest BCUT2D eigenvalue weighted by atomic mass is 10.0. The van der Waals surface area contributed by atoms with Crippen LogP contribution in [0.3, 0.4) is 0 Å². The van der Waals surface area contributed by atoms with Gasteiger partial charge in [-0.3, -0.25) is 9.80 Å². The summed E-state index contributed by atoms with van der Waals surface area (Å²) in [5, 5.41) is 13.0. The molecule has 0 aliphatic carbocycles. The molecule has 0 aromatic carbocycles. The zero-order valence-corrected chi connectivity index (χ0v) is 10.2. The summed E-state index contributed by atoms with van der Waals surface area (Å²) in [6, 6.07) is 0.00785. The number of carbonyl (C=O) groups excluding carboxylic acids is 1. The Morgan fingerprint density at radius 2 is 2.07 bits per heavy atom. The molecule has 1 heterocycles. The maximum atomic E-state index is 11.9.